The summed E-state index contributed by atoms with van der Waals surface area (Å²) in [5.41, 5.74) is 7.52. The van der Waals surface area contributed by atoms with E-state index in [1.807, 2.05) is 91.9 Å². The predicted octanol–water partition coefficient (Wildman–Crippen LogP) is 7.52. The van der Waals surface area contributed by atoms with Gasteiger partial charge in [0.2, 0.25) is 0 Å². The van der Waals surface area contributed by atoms with Gasteiger partial charge >= 0.3 is 0 Å². The standard InChI is InChI=1S/C33H27N3O3S2/c1-2-38-24-18-16-23(17-19-24)32-26(31(22-10-4-3-5-11-22)25-12-6-8-14-28(25)39-32)20-34-36-30(37)21-40-33-35-27-13-7-9-15-29(27)41-33/h3-20,31H,2,21H2,1H3,(H,36,37)/b34-20-. The molecule has 4 aromatic carbocycles. The van der Waals surface area contributed by atoms with Gasteiger partial charge in [0, 0.05) is 22.6 Å². The van der Waals surface area contributed by atoms with Crippen molar-refractivity contribution in [1.82, 2.24) is 10.4 Å². The van der Waals surface area contributed by atoms with E-state index in [0.29, 0.717) is 12.4 Å². The first-order valence-electron chi connectivity index (χ1n) is 13.3. The molecule has 204 valence electrons. The topological polar surface area (TPSA) is 72.8 Å². The van der Waals surface area contributed by atoms with E-state index in [9.17, 15) is 4.79 Å². The van der Waals surface area contributed by atoms with Crippen LogP contribution in [0, 0.1) is 0 Å². The zero-order valence-corrected chi connectivity index (χ0v) is 24.0. The molecule has 0 radical (unpaired) electrons. The summed E-state index contributed by atoms with van der Waals surface area (Å²) >= 11 is 2.98. The molecule has 1 amide bonds. The van der Waals surface area contributed by atoms with Crippen molar-refractivity contribution in [3.05, 3.63) is 125 Å². The Balaban J connectivity index is 1.29. The van der Waals surface area contributed by atoms with Crippen molar-refractivity contribution in [2.24, 2.45) is 5.10 Å². The van der Waals surface area contributed by atoms with Crippen LogP contribution in [0.1, 0.15) is 29.5 Å². The van der Waals surface area contributed by atoms with E-state index in [1.54, 1.807) is 17.6 Å². The van der Waals surface area contributed by atoms with E-state index in [2.05, 4.69) is 33.7 Å². The quantitative estimate of drug-likeness (QED) is 0.111. The molecule has 1 aromatic heterocycles. The number of aromatic nitrogens is 1. The SMILES string of the molecule is CCOc1ccc(C2=C(/C=N\NC(=O)CSc3nc4ccccc4s3)C(c3ccccc3)c3ccccc3O2)cc1. The summed E-state index contributed by atoms with van der Waals surface area (Å²) in [5.74, 6) is 2.13. The molecule has 1 atom stereocenters. The van der Waals surface area contributed by atoms with Gasteiger partial charge in [0.15, 0.2) is 4.34 Å². The van der Waals surface area contributed by atoms with Gasteiger partial charge in [-0.15, -0.1) is 11.3 Å². The number of benzene rings is 4. The van der Waals surface area contributed by atoms with Gasteiger partial charge in [0.1, 0.15) is 17.3 Å². The van der Waals surface area contributed by atoms with Crippen molar-refractivity contribution in [3.63, 3.8) is 0 Å². The van der Waals surface area contributed by atoms with Gasteiger partial charge in [0.25, 0.3) is 5.91 Å². The summed E-state index contributed by atoms with van der Waals surface area (Å²) in [4.78, 5) is 17.3. The molecule has 6 nitrogen and oxygen atoms in total. The highest BCUT2D eigenvalue weighted by Crippen LogP contribution is 2.45. The molecule has 1 unspecified atom stereocenters. The largest absolute Gasteiger partial charge is 0.494 e. The summed E-state index contributed by atoms with van der Waals surface area (Å²) in [6, 6.07) is 34.1. The number of para-hydroxylation sites is 2. The second-order valence-corrected chi connectivity index (χ2v) is 11.5. The molecule has 0 saturated carbocycles. The molecule has 2 heterocycles. The fraction of sp³-hybridized carbons (Fsp3) is 0.121. The summed E-state index contributed by atoms with van der Waals surface area (Å²) in [6.45, 7) is 2.55. The number of carbonyl (C=O) groups excluding carboxylic acids is 1. The molecule has 0 aliphatic carbocycles. The minimum absolute atomic E-state index is 0.138. The number of carbonyl (C=O) groups is 1. The number of ether oxygens (including phenoxy) is 2. The molecule has 0 fully saturated rings. The number of hydrogen-bond acceptors (Lipinski definition) is 7. The highest BCUT2D eigenvalue weighted by molar-refractivity contribution is 8.01. The molecule has 5 aromatic rings. The lowest BCUT2D eigenvalue weighted by atomic mass is 9.81. The van der Waals surface area contributed by atoms with Crippen molar-refractivity contribution >= 4 is 51.2 Å². The Labute approximate surface area is 246 Å². The average molecular weight is 578 g/mol. The van der Waals surface area contributed by atoms with Crippen molar-refractivity contribution < 1.29 is 14.3 Å². The van der Waals surface area contributed by atoms with Crippen LogP contribution < -0.4 is 14.9 Å². The molecule has 1 aliphatic heterocycles. The third kappa shape index (κ3) is 6.04. The summed E-state index contributed by atoms with van der Waals surface area (Å²) in [7, 11) is 0. The third-order valence-electron chi connectivity index (χ3n) is 6.57. The molecule has 1 N–H and O–H groups in total. The maximum absolute atomic E-state index is 12.7. The molecule has 41 heavy (non-hydrogen) atoms. The monoisotopic (exact) mass is 577 g/mol. The first-order valence-corrected chi connectivity index (χ1v) is 15.1. The Morgan fingerprint density at radius 3 is 2.56 bits per heavy atom. The van der Waals surface area contributed by atoms with Crippen LogP contribution in [0.2, 0.25) is 0 Å². The molecule has 0 bridgehead atoms. The Morgan fingerprint density at radius 2 is 1.76 bits per heavy atom. The Hall–Kier alpha value is -4.40. The van der Waals surface area contributed by atoms with Crippen LogP contribution in [-0.4, -0.2) is 29.5 Å². The van der Waals surface area contributed by atoms with Gasteiger partial charge in [0.05, 0.1) is 28.8 Å². The predicted molar refractivity (Wildman–Crippen MR) is 167 cm³/mol. The van der Waals surface area contributed by atoms with Gasteiger partial charge in [-0.25, -0.2) is 10.4 Å². The molecule has 0 spiro atoms. The van der Waals surface area contributed by atoms with Gasteiger partial charge in [-0.2, -0.15) is 5.10 Å². The van der Waals surface area contributed by atoms with Crippen LogP contribution in [0.25, 0.3) is 16.0 Å². The van der Waals surface area contributed by atoms with E-state index in [0.717, 1.165) is 48.3 Å². The normalized spacial score (nSPS) is 14.6. The minimum Gasteiger partial charge on any atom is -0.494 e. The lowest BCUT2D eigenvalue weighted by molar-refractivity contribution is -0.118. The minimum atomic E-state index is -0.206. The second kappa shape index (κ2) is 12.4. The lowest BCUT2D eigenvalue weighted by Crippen LogP contribution is -2.22. The molecular formula is C33H27N3O3S2. The number of amides is 1. The maximum atomic E-state index is 12.7. The smallest absolute Gasteiger partial charge is 0.250 e. The summed E-state index contributed by atoms with van der Waals surface area (Å²) in [6.07, 6.45) is 1.71. The average Bonchev–Trinajstić information content (AvgIpc) is 3.44. The van der Waals surface area contributed by atoms with Crippen LogP contribution in [0.5, 0.6) is 11.5 Å². The van der Waals surface area contributed by atoms with Crippen LogP contribution in [0.15, 0.2) is 118 Å². The van der Waals surface area contributed by atoms with Gasteiger partial charge in [-0.05, 0) is 55.0 Å². The van der Waals surface area contributed by atoms with Gasteiger partial charge in [-0.3, -0.25) is 4.79 Å². The molecule has 8 heteroatoms. The van der Waals surface area contributed by atoms with Crippen molar-refractivity contribution in [2.45, 2.75) is 17.2 Å². The fourth-order valence-corrected chi connectivity index (χ4v) is 6.62. The first kappa shape index (κ1) is 26.8. The molecule has 1 aliphatic rings. The molecule has 6 rings (SSSR count). The van der Waals surface area contributed by atoms with Crippen LogP contribution >= 0.6 is 23.1 Å². The van der Waals surface area contributed by atoms with Crippen molar-refractivity contribution in [2.75, 3.05) is 12.4 Å². The number of fused-ring (bicyclic) bond motifs is 2. The Morgan fingerprint density at radius 1 is 1.00 bits per heavy atom. The summed E-state index contributed by atoms with van der Waals surface area (Å²) < 4.78 is 14.1. The number of rotatable bonds is 9. The molecular weight excluding hydrogens is 551 g/mol. The number of hydrogen-bond donors (Lipinski definition) is 1. The zero-order chi connectivity index (χ0) is 28.0. The highest BCUT2D eigenvalue weighted by Gasteiger charge is 2.31. The first-order chi connectivity index (χ1) is 20.2. The number of nitrogens with zero attached hydrogens (tertiary/aromatic N) is 2. The number of hydrazone groups is 1. The van der Waals surface area contributed by atoms with Crippen LogP contribution in [0.4, 0.5) is 0 Å². The van der Waals surface area contributed by atoms with E-state index in [-0.39, 0.29) is 17.6 Å². The number of allylic oxidation sites excluding steroid dienone is 1. The van der Waals surface area contributed by atoms with Gasteiger partial charge in [-0.1, -0.05) is 72.4 Å². The summed E-state index contributed by atoms with van der Waals surface area (Å²) in [5, 5.41) is 4.40. The number of thioether (sulfide) groups is 1. The van der Waals surface area contributed by atoms with Crippen LogP contribution in [-0.2, 0) is 4.79 Å². The molecule has 0 saturated heterocycles. The fourth-order valence-electron chi connectivity index (χ4n) is 4.76. The third-order valence-corrected chi connectivity index (χ3v) is 8.75. The number of nitrogens with one attached hydrogen (secondary N) is 1. The number of thiazole rings is 1. The lowest BCUT2D eigenvalue weighted by Gasteiger charge is -2.30. The second-order valence-electron chi connectivity index (χ2n) is 9.25. The van der Waals surface area contributed by atoms with E-state index in [4.69, 9.17) is 9.47 Å². The van der Waals surface area contributed by atoms with Crippen LogP contribution in [0.3, 0.4) is 0 Å². The maximum Gasteiger partial charge on any atom is 0.250 e. The van der Waals surface area contributed by atoms with E-state index in [1.165, 1.54) is 11.8 Å². The zero-order valence-electron chi connectivity index (χ0n) is 22.3. The van der Waals surface area contributed by atoms with Crippen molar-refractivity contribution in [1.29, 1.82) is 0 Å². The Bertz CT molecular complexity index is 1700. The Kier molecular flexibility index (Phi) is 8.11. The van der Waals surface area contributed by atoms with E-state index >= 15 is 0 Å². The van der Waals surface area contributed by atoms with Gasteiger partial charge < -0.3 is 9.47 Å². The van der Waals surface area contributed by atoms with Crippen molar-refractivity contribution in [3.8, 4) is 11.5 Å². The van der Waals surface area contributed by atoms with E-state index < -0.39 is 0 Å². The highest BCUT2D eigenvalue weighted by atomic mass is 32.2.